The van der Waals surface area contributed by atoms with E-state index in [1.54, 1.807) is 0 Å². The van der Waals surface area contributed by atoms with Gasteiger partial charge in [-0.3, -0.25) is 9.36 Å². The number of halogens is 1. The van der Waals surface area contributed by atoms with Gasteiger partial charge in [-0.15, -0.1) is 10.2 Å². The zero-order valence-corrected chi connectivity index (χ0v) is 19.3. The van der Waals surface area contributed by atoms with Gasteiger partial charge < -0.3 is 10.2 Å². The Kier molecular flexibility index (Phi) is 7.10. The highest BCUT2D eigenvalue weighted by Gasteiger charge is 2.23. The van der Waals surface area contributed by atoms with Crippen LogP contribution >= 0.6 is 27.7 Å². The fraction of sp³-hybridized carbons (Fsp3) is 0.286. The lowest BCUT2D eigenvalue weighted by molar-refractivity contribution is -0.890. The van der Waals surface area contributed by atoms with Crippen molar-refractivity contribution in [3.05, 3.63) is 64.4 Å². The molecule has 2 N–H and O–H groups in total. The third kappa shape index (κ3) is 5.26. The van der Waals surface area contributed by atoms with Crippen LogP contribution in [0.15, 0.2) is 58.2 Å². The van der Waals surface area contributed by atoms with Gasteiger partial charge in [0, 0.05) is 15.8 Å². The number of carbonyl (C=O) groups is 1. The third-order valence-electron chi connectivity index (χ3n) is 4.70. The summed E-state index contributed by atoms with van der Waals surface area (Å²) in [6.07, 6.45) is 0. The first-order chi connectivity index (χ1) is 13.9. The summed E-state index contributed by atoms with van der Waals surface area (Å²) in [5.74, 6) is 1.05. The molecule has 0 aliphatic heterocycles. The van der Waals surface area contributed by atoms with E-state index in [4.69, 9.17) is 0 Å². The van der Waals surface area contributed by atoms with Gasteiger partial charge in [0.1, 0.15) is 6.04 Å². The minimum absolute atomic E-state index is 0.0767. The van der Waals surface area contributed by atoms with Gasteiger partial charge in [0.15, 0.2) is 11.0 Å². The molecule has 1 atom stereocenters. The number of nitrogens with one attached hydrogen (secondary N) is 2. The summed E-state index contributed by atoms with van der Waals surface area (Å²) < 4.78 is 3.06. The highest BCUT2D eigenvalue weighted by Crippen LogP contribution is 2.25. The average Bonchev–Trinajstić information content (AvgIpc) is 3.13. The number of anilines is 1. The van der Waals surface area contributed by atoms with Crippen molar-refractivity contribution >= 4 is 39.3 Å². The molecular formula is C21H25BrN5OS+. The van der Waals surface area contributed by atoms with Crippen LogP contribution in [0.3, 0.4) is 0 Å². The number of quaternary nitrogens is 1. The van der Waals surface area contributed by atoms with E-state index in [1.165, 1.54) is 16.7 Å². The van der Waals surface area contributed by atoms with E-state index in [1.807, 2.05) is 60.0 Å². The van der Waals surface area contributed by atoms with Crippen LogP contribution < -0.4 is 10.2 Å². The molecule has 0 unspecified atom stereocenters. The second kappa shape index (κ2) is 9.56. The van der Waals surface area contributed by atoms with Gasteiger partial charge in [0.25, 0.3) is 0 Å². The van der Waals surface area contributed by atoms with Crippen LogP contribution in [-0.4, -0.2) is 40.5 Å². The van der Waals surface area contributed by atoms with Crippen molar-refractivity contribution in [2.75, 3.05) is 25.2 Å². The van der Waals surface area contributed by atoms with Crippen LogP contribution in [0, 0.1) is 6.92 Å². The number of aryl methyl sites for hydroxylation is 1. The molecule has 0 saturated heterocycles. The van der Waals surface area contributed by atoms with Crippen molar-refractivity contribution in [1.29, 1.82) is 0 Å². The Morgan fingerprint density at radius 2 is 1.93 bits per heavy atom. The highest BCUT2D eigenvalue weighted by atomic mass is 79.9. The molecule has 0 bridgehead atoms. The molecule has 0 aliphatic carbocycles. The predicted molar refractivity (Wildman–Crippen MR) is 121 cm³/mol. The topological polar surface area (TPSA) is 64.2 Å². The fourth-order valence-corrected chi connectivity index (χ4v) is 3.79. The lowest BCUT2D eigenvalue weighted by Gasteiger charge is -2.18. The zero-order chi connectivity index (χ0) is 21.0. The number of nitrogens with zero attached hydrogens (tertiary/aromatic N) is 3. The molecule has 0 saturated carbocycles. The van der Waals surface area contributed by atoms with Crippen LogP contribution in [0.25, 0.3) is 5.69 Å². The number of thioether (sulfide) groups is 1. The number of rotatable bonds is 7. The molecule has 0 fully saturated rings. The summed E-state index contributed by atoms with van der Waals surface area (Å²) in [5, 5.41) is 12.5. The Hall–Kier alpha value is -2.16. The maximum Gasteiger partial charge on any atom is 0.234 e. The van der Waals surface area contributed by atoms with Gasteiger partial charge in [-0.25, -0.2) is 0 Å². The summed E-state index contributed by atoms with van der Waals surface area (Å²) in [5.41, 5.74) is 2.85. The first-order valence-corrected chi connectivity index (χ1v) is 11.1. The monoisotopic (exact) mass is 474 g/mol. The number of para-hydroxylation sites is 1. The molecule has 6 nitrogen and oxygen atoms in total. The largest absolute Gasteiger partial charge is 0.331 e. The van der Waals surface area contributed by atoms with E-state index >= 15 is 0 Å². The summed E-state index contributed by atoms with van der Waals surface area (Å²) in [7, 11) is 4.18. The molecule has 1 heterocycles. The van der Waals surface area contributed by atoms with E-state index in [2.05, 4.69) is 52.5 Å². The Labute approximate surface area is 183 Å². The van der Waals surface area contributed by atoms with Crippen LogP contribution in [0.4, 0.5) is 5.69 Å². The van der Waals surface area contributed by atoms with Gasteiger partial charge >= 0.3 is 0 Å². The molecule has 1 aromatic heterocycles. The Bertz CT molecular complexity index is 990. The van der Waals surface area contributed by atoms with Crippen LogP contribution in [0.5, 0.6) is 0 Å². The Morgan fingerprint density at radius 1 is 1.21 bits per heavy atom. The number of amides is 1. The maximum absolute atomic E-state index is 12.5. The maximum atomic E-state index is 12.5. The van der Waals surface area contributed by atoms with Gasteiger partial charge in [0.05, 0.1) is 19.8 Å². The lowest BCUT2D eigenvalue weighted by atomic mass is 10.2. The minimum Gasteiger partial charge on any atom is -0.331 e. The molecule has 152 valence electrons. The van der Waals surface area contributed by atoms with E-state index in [9.17, 15) is 4.79 Å². The zero-order valence-electron chi connectivity index (χ0n) is 16.9. The molecule has 2 aromatic carbocycles. The van der Waals surface area contributed by atoms with E-state index in [-0.39, 0.29) is 17.7 Å². The molecule has 1 amide bonds. The smallest absolute Gasteiger partial charge is 0.234 e. The normalized spacial score (nSPS) is 12.2. The first kappa shape index (κ1) is 21.5. The molecule has 3 aromatic rings. The minimum atomic E-state index is -0.0767. The summed E-state index contributed by atoms with van der Waals surface area (Å²) in [6, 6.07) is 15.9. The third-order valence-corrected chi connectivity index (χ3v) is 6.52. The number of hydrogen-bond acceptors (Lipinski definition) is 4. The summed E-state index contributed by atoms with van der Waals surface area (Å²) >= 11 is 4.86. The lowest BCUT2D eigenvalue weighted by Crippen LogP contribution is -3.05. The standard InChI is InChI=1S/C21H24BrN5OS/c1-14-12-16(10-11-18(14)22)23-19(28)13-29-21-25-24-20(15(2)26(3)4)27(21)17-8-6-5-7-9-17/h5-12,15H,13H2,1-4H3,(H,23,28)/p+1/t15-/m0/s1. The van der Waals surface area contributed by atoms with Crippen LogP contribution in [-0.2, 0) is 4.79 Å². The molecule has 0 aliphatic rings. The number of hydrogen-bond donors (Lipinski definition) is 2. The van der Waals surface area contributed by atoms with Gasteiger partial charge in [-0.2, -0.15) is 0 Å². The van der Waals surface area contributed by atoms with Crippen LogP contribution in [0.2, 0.25) is 0 Å². The quantitative estimate of drug-likeness (QED) is 0.515. The number of carbonyl (C=O) groups excluding carboxylic acids is 1. The molecular weight excluding hydrogens is 450 g/mol. The SMILES string of the molecule is Cc1cc(NC(=O)CSc2nnc([C@H](C)[NH+](C)C)n2-c2ccccc2)ccc1Br. The fourth-order valence-electron chi connectivity index (χ4n) is 2.78. The summed E-state index contributed by atoms with van der Waals surface area (Å²) in [4.78, 5) is 13.7. The van der Waals surface area contributed by atoms with Crippen molar-refractivity contribution < 1.29 is 9.69 Å². The Balaban J connectivity index is 1.78. The first-order valence-electron chi connectivity index (χ1n) is 9.36. The molecule has 0 radical (unpaired) electrons. The number of aromatic nitrogens is 3. The van der Waals surface area contributed by atoms with E-state index in [0.29, 0.717) is 5.16 Å². The van der Waals surface area contributed by atoms with Crippen molar-refractivity contribution in [3.8, 4) is 5.69 Å². The second-order valence-electron chi connectivity index (χ2n) is 7.11. The molecule has 29 heavy (non-hydrogen) atoms. The van der Waals surface area contributed by atoms with Gasteiger partial charge in [-0.05, 0) is 49.7 Å². The van der Waals surface area contributed by atoms with Crippen molar-refractivity contribution in [1.82, 2.24) is 14.8 Å². The number of benzene rings is 2. The summed E-state index contributed by atoms with van der Waals surface area (Å²) in [6.45, 7) is 4.11. The van der Waals surface area contributed by atoms with Crippen molar-refractivity contribution in [3.63, 3.8) is 0 Å². The van der Waals surface area contributed by atoms with E-state index < -0.39 is 0 Å². The second-order valence-corrected chi connectivity index (χ2v) is 8.91. The van der Waals surface area contributed by atoms with Crippen molar-refractivity contribution in [2.45, 2.75) is 25.0 Å². The average molecular weight is 475 g/mol. The highest BCUT2D eigenvalue weighted by molar-refractivity contribution is 9.10. The van der Waals surface area contributed by atoms with E-state index in [0.717, 1.165) is 27.2 Å². The molecule has 3 rings (SSSR count). The predicted octanol–water partition coefficient (Wildman–Crippen LogP) is 3.27. The Morgan fingerprint density at radius 3 is 2.59 bits per heavy atom. The van der Waals surface area contributed by atoms with Gasteiger partial charge in [0.2, 0.25) is 5.91 Å². The molecule has 8 heteroatoms. The van der Waals surface area contributed by atoms with Gasteiger partial charge in [-0.1, -0.05) is 45.9 Å². The van der Waals surface area contributed by atoms with Crippen LogP contribution in [0.1, 0.15) is 24.4 Å². The van der Waals surface area contributed by atoms with Crippen molar-refractivity contribution in [2.24, 2.45) is 0 Å². The molecule has 0 spiro atoms.